The smallest absolute Gasteiger partial charge is 0.308 e. The van der Waals surface area contributed by atoms with Crippen LogP contribution in [0.3, 0.4) is 0 Å². The van der Waals surface area contributed by atoms with Crippen molar-refractivity contribution in [2.24, 2.45) is 5.92 Å². The highest BCUT2D eigenvalue weighted by atomic mass is 19.1. The van der Waals surface area contributed by atoms with Gasteiger partial charge < -0.3 is 10.0 Å². The third-order valence-electron chi connectivity index (χ3n) is 3.40. The van der Waals surface area contributed by atoms with E-state index in [1.54, 1.807) is 0 Å². The number of benzene rings is 1. The number of aromatic amines is 1. The standard InChI is InChI=1S/C15H15F2N3O3/c1-8(15(22)23)7-20(2)14(21)9-6-18-19-13(9)12-10(16)4-3-5-11(12)17/h3-6,8H,7H2,1-2H3,(H,18,19)(H,22,23). The van der Waals surface area contributed by atoms with E-state index in [-0.39, 0.29) is 23.4 Å². The number of halogens is 2. The number of nitrogens with zero attached hydrogens (tertiary/aromatic N) is 2. The maximum absolute atomic E-state index is 13.9. The highest BCUT2D eigenvalue weighted by Gasteiger charge is 2.25. The maximum Gasteiger partial charge on any atom is 0.308 e. The van der Waals surface area contributed by atoms with Crippen molar-refractivity contribution in [2.45, 2.75) is 6.92 Å². The van der Waals surface area contributed by atoms with E-state index < -0.39 is 29.4 Å². The van der Waals surface area contributed by atoms with Crippen LogP contribution in [-0.2, 0) is 4.79 Å². The molecule has 1 heterocycles. The second kappa shape index (κ2) is 6.55. The van der Waals surface area contributed by atoms with Crippen LogP contribution in [-0.4, -0.2) is 45.7 Å². The Kier molecular flexibility index (Phi) is 4.73. The number of aliphatic carboxylic acids is 1. The molecule has 0 bridgehead atoms. The summed E-state index contributed by atoms with van der Waals surface area (Å²) in [6, 6.07) is 3.36. The van der Waals surface area contributed by atoms with Gasteiger partial charge in [-0.15, -0.1) is 0 Å². The highest BCUT2D eigenvalue weighted by Crippen LogP contribution is 2.27. The zero-order chi connectivity index (χ0) is 17.1. The minimum absolute atomic E-state index is 0.0333. The van der Waals surface area contributed by atoms with Gasteiger partial charge in [-0.25, -0.2) is 8.78 Å². The van der Waals surface area contributed by atoms with E-state index in [1.807, 2.05) is 0 Å². The number of hydrogen-bond acceptors (Lipinski definition) is 3. The molecule has 0 spiro atoms. The van der Waals surface area contributed by atoms with Crippen molar-refractivity contribution in [2.75, 3.05) is 13.6 Å². The molecule has 1 aromatic carbocycles. The van der Waals surface area contributed by atoms with Crippen molar-refractivity contribution in [3.05, 3.63) is 41.6 Å². The molecule has 1 atom stereocenters. The largest absolute Gasteiger partial charge is 0.481 e. The minimum atomic E-state index is -1.04. The molecule has 8 heteroatoms. The summed E-state index contributed by atoms with van der Waals surface area (Å²) in [5, 5.41) is 15.0. The summed E-state index contributed by atoms with van der Waals surface area (Å²) in [5.41, 5.74) is -0.498. The Bertz CT molecular complexity index is 725. The van der Waals surface area contributed by atoms with Gasteiger partial charge in [0.2, 0.25) is 0 Å². The van der Waals surface area contributed by atoms with E-state index in [0.29, 0.717) is 0 Å². The summed E-state index contributed by atoms with van der Waals surface area (Å²) in [6.45, 7) is 1.41. The van der Waals surface area contributed by atoms with E-state index in [4.69, 9.17) is 5.11 Å². The summed E-state index contributed by atoms with van der Waals surface area (Å²) < 4.78 is 27.8. The van der Waals surface area contributed by atoms with Gasteiger partial charge in [0.1, 0.15) is 11.6 Å². The second-order valence-corrected chi connectivity index (χ2v) is 5.18. The number of H-pyrrole nitrogens is 1. The summed E-state index contributed by atoms with van der Waals surface area (Å²) in [6.07, 6.45) is 1.16. The molecule has 2 N–H and O–H groups in total. The first-order valence-corrected chi connectivity index (χ1v) is 6.79. The van der Waals surface area contributed by atoms with Gasteiger partial charge in [0.25, 0.3) is 5.91 Å². The average molecular weight is 323 g/mol. The lowest BCUT2D eigenvalue weighted by atomic mass is 10.1. The van der Waals surface area contributed by atoms with E-state index >= 15 is 0 Å². The summed E-state index contributed by atoms with van der Waals surface area (Å²) in [5.74, 6) is -4.05. The van der Waals surface area contributed by atoms with Crippen molar-refractivity contribution >= 4 is 11.9 Å². The summed E-state index contributed by atoms with van der Waals surface area (Å²) >= 11 is 0. The Morgan fingerprint density at radius 2 is 1.96 bits per heavy atom. The number of carbonyl (C=O) groups is 2. The predicted octanol–water partition coefficient (Wildman–Crippen LogP) is 2.15. The molecule has 0 radical (unpaired) electrons. The lowest BCUT2D eigenvalue weighted by Crippen LogP contribution is -2.33. The maximum atomic E-state index is 13.9. The van der Waals surface area contributed by atoms with E-state index in [2.05, 4.69) is 10.2 Å². The van der Waals surface area contributed by atoms with E-state index in [1.165, 1.54) is 24.9 Å². The van der Waals surface area contributed by atoms with Gasteiger partial charge in [0.05, 0.1) is 28.9 Å². The number of amides is 1. The second-order valence-electron chi connectivity index (χ2n) is 5.18. The van der Waals surface area contributed by atoms with Crippen molar-refractivity contribution in [3.63, 3.8) is 0 Å². The SMILES string of the molecule is CC(CN(C)C(=O)c1cn[nH]c1-c1c(F)cccc1F)C(=O)O. The molecule has 1 aromatic heterocycles. The Morgan fingerprint density at radius 1 is 1.35 bits per heavy atom. The molecular weight excluding hydrogens is 308 g/mol. The molecule has 1 amide bonds. The van der Waals surface area contributed by atoms with Crippen molar-refractivity contribution in [3.8, 4) is 11.3 Å². The monoisotopic (exact) mass is 323 g/mol. The zero-order valence-electron chi connectivity index (χ0n) is 12.5. The quantitative estimate of drug-likeness (QED) is 0.883. The molecule has 0 aliphatic rings. The topological polar surface area (TPSA) is 86.3 Å². The number of aromatic nitrogens is 2. The van der Waals surface area contributed by atoms with E-state index in [9.17, 15) is 18.4 Å². The van der Waals surface area contributed by atoms with Crippen LogP contribution in [0.25, 0.3) is 11.3 Å². The van der Waals surface area contributed by atoms with Gasteiger partial charge in [-0.05, 0) is 12.1 Å². The van der Waals surface area contributed by atoms with Crippen molar-refractivity contribution in [1.82, 2.24) is 15.1 Å². The van der Waals surface area contributed by atoms with E-state index in [0.717, 1.165) is 18.3 Å². The predicted molar refractivity (Wildman–Crippen MR) is 77.7 cm³/mol. The average Bonchev–Trinajstić information content (AvgIpc) is 2.95. The fraction of sp³-hybridized carbons (Fsp3) is 0.267. The Balaban J connectivity index is 2.34. The van der Waals surface area contributed by atoms with Crippen LogP contribution in [0.4, 0.5) is 8.78 Å². The van der Waals surface area contributed by atoms with Gasteiger partial charge >= 0.3 is 5.97 Å². The number of hydrogen-bond donors (Lipinski definition) is 2. The van der Waals surface area contributed by atoms with Crippen molar-refractivity contribution in [1.29, 1.82) is 0 Å². The molecule has 1 unspecified atom stereocenters. The first-order chi connectivity index (χ1) is 10.8. The molecule has 0 aliphatic heterocycles. The minimum Gasteiger partial charge on any atom is -0.481 e. The van der Waals surface area contributed by atoms with Crippen LogP contribution in [0.15, 0.2) is 24.4 Å². The third kappa shape index (κ3) is 3.36. The molecule has 23 heavy (non-hydrogen) atoms. The van der Waals surface area contributed by atoms with Gasteiger partial charge in [0.15, 0.2) is 0 Å². The summed E-state index contributed by atoms with van der Waals surface area (Å²) in [7, 11) is 1.41. The van der Waals surface area contributed by atoms with Crippen LogP contribution in [0.5, 0.6) is 0 Å². The van der Waals surface area contributed by atoms with Crippen molar-refractivity contribution < 1.29 is 23.5 Å². The first-order valence-electron chi connectivity index (χ1n) is 6.79. The Morgan fingerprint density at radius 3 is 2.52 bits per heavy atom. The van der Waals surface area contributed by atoms with Gasteiger partial charge in [0, 0.05) is 13.6 Å². The van der Waals surface area contributed by atoms with Crippen LogP contribution in [0.2, 0.25) is 0 Å². The number of rotatable bonds is 5. The molecule has 0 saturated carbocycles. The Hall–Kier alpha value is -2.77. The normalized spacial score (nSPS) is 12.0. The number of nitrogens with one attached hydrogen (secondary N) is 1. The molecule has 6 nitrogen and oxygen atoms in total. The third-order valence-corrected chi connectivity index (χ3v) is 3.40. The molecule has 2 aromatic rings. The molecule has 2 rings (SSSR count). The molecule has 0 aliphatic carbocycles. The number of carbonyl (C=O) groups excluding carboxylic acids is 1. The fourth-order valence-corrected chi connectivity index (χ4v) is 2.15. The Labute approximate surface area is 130 Å². The number of carboxylic acid groups (broad SMARTS) is 1. The fourth-order valence-electron chi connectivity index (χ4n) is 2.15. The van der Waals surface area contributed by atoms with Gasteiger partial charge in [-0.1, -0.05) is 13.0 Å². The molecule has 0 saturated heterocycles. The molecular formula is C15H15F2N3O3. The van der Waals surface area contributed by atoms with Crippen LogP contribution in [0.1, 0.15) is 17.3 Å². The number of carboxylic acids is 1. The van der Waals surface area contributed by atoms with Crippen LogP contribution in [0, 0.1) is 17.6 Å². The lowest BCUT2D eigenvalue weighted by molar-refractivity contribution is -0.141. The lowest BCUT2D eigenvalue weighted by Gasteiger charge is -2.19. The zero-order valence-corrected chi connectivity index (χ0v) is 12.5. The van der Waals surface area contributed by atoms with Crippen LogP contribution < -0.4 is 0 Å². The van der Waals surface area contributed by atoms with Crippen LogP contribution >= 0.6 is 0 Å². The van der Waals surface area contributed by atoms with Gasteiger partial charge in [-0.2, -0.15) is 5.10 Å². The summed E-state index contributed by atoms with van der Waals surface area (Å²) in [4.78, 5) is 24.4. The molecule has 122 valence electrons. The van der Waals surface area contributed by atoms with Gasteiger partial charge in [-0.3, -0.25) is 14.7 Å². The molecule has 0 fully saturated rings. The first kappa shape index (κ1) is 16.6. The highest BCUT2D eigenvalue weighted by molar-refractivity contribution is 5.99.